The van der Waals surface area contributed by atoms with E-state index in [1.165, 1.54) is 43.2 Å². The second-order valence-electron chi connectivity index (χ2n) is 9.55. The van der Waals surface area contributed by atoms with Gasteiger partial charge in [0, 0.05) is 23.1 Å². The molecule has 0 saturated heterocycles. The first-order chi connectivity index (χ1) is 14.6. The highest BCUT2D eigenvalue weighted by Gasteiger charge is 2.49. The van der Waals surface area contributed by atoms with Crippen LogP contribution in [0, 0.1) is 11.8 Å². The average Bonchev–Trinajstić information content (AvgIpc) is 3.37. The van der Waals surface area contributed by atoms with Gasteiger partial charge in [-0.2, -0.15) is 0 Å². The molecule has 0 spiro atoms. The Hall–Kier alpha value is -2.42. The van der Waals surface area contributed by atoms with Crippen molar-refractivity contribution in [3.8, 4) is 0 Å². The molecule has 0 heterocycles. The summed E-state index contributed by atoms with van der Waals surface area (Å²) in [5, 5.41) is 3.18. The smallest absolute Gasteiger partial charge is 0.251 e. The van der Waals surface area contributed by atoms with Crippen LogP contribution in [0.3, 0.4) is 0 Å². The fourth-order valence-electron chi connectivity index (χ4n) is 6.27. The molecule has 2 saturated carbocycles. The first kappa shape index (κ1) is 19.5. The quantitative estimate of drug-likeness (QED) is 0.638. The van der Waals surface area contributed by atoms with Crippen LogP contribution >= 0.6 is 0 Å². The standard InChI is InChI=1S/C27H31NO2/c1-17(18-7-3-2-4-8-18)28-27(30)20-13-11-19(12-14-20)26(29)25-23-15-16-24(25)22-10-6-5-9-21(22)23/h5-6,9-14,17-18,23-25H,2-4,7-8,15-16H2,1H3,(H,28,30)/t17-,23?,24?,25?/m1/s1. The molecule has 2 unspecified atom stereocenters. The molecular formula is C27H31NO2. The molecule has 30 heavy (non-hydrogen) atoms. The maximum atomic E-state index is 13.3. The number of hydrogen-bond acceptors (Lipinski definition) is 2. The lowest BCUT2D eigenvalue weighted by Gasteiger charge is -2.28. The molecule has 3 aliphatic carbocycles. The summed E-state index contributed by atoms with van der Waals surface area (Å²) >= 11 is 0. The van der Waals surface area contributed by atoms with Crippen molar-refractivity contribution in [2.24, 2.45) is 11.8 Å². The van der Waals surface area contributed by atoms with E-state index in [1.54, 1.807) is 0 Å². The minimum absolute atomic E-state index is 0.0274. The maximum Gasteiger partial charge on any atom is 0.251 e. The van der Waals surface area contributed by atoms with Crippen molar-refractivity contribution in [2.45, 2.75) is 69.7 Å². The Morgan fingerprint density at radius 3 is 1.97 bits per heavy atom. The monoisotopic (exact) mass is 401 g/mol. The Morgan fingerprint density at radius 2 is 1.37 bits per heavy atom. The molecule has 0 aromatic heterocycles. The first-order valence-electron chi connectivity index (χ1n) is 11.7. The van der Waals surface area contributed by atoms with Gasteiger partial charge in [-0.3, -0.25) is 9.59 Å². The number of nitrogens with one attached hydrogen (secondary N) is 1. The minimum atomic E-state index is -0.0274. The Labute approximate surface area is 179 Å². The molecule has 0 aliphatic heterocycles. The van der Waals surface area contributed by atoms with Crippen molar-refractivity contribution in [1.82, 2.24) is 5.32 Å². The topological polar surface area (TPSA) is 46.2 Å². The summed E-state index contributed by atoms with van der Waals surface area (Å²) < 4.78 is 0. The zero-order valence-corrected chi connectivity index (χ0v) is 17.8. The molecule has 2 bridgehead atoms. The zero-order valence-electron chi connectivity index (χ0n) is 17.8. The van der Waals surface area contributed by atoms with E-state index in [-0.39, 0.29) is 23.7 Å². The predicted molar refractivity (Wildman–Crippen MR) is 119 cm³/mol. The SMILES string of the molecule is C[C@@H](NC(=O)c1ccc(C(=O)C2C3CCC2c2ccccc23)cc1)C1CCCCC1. The number of Topliss-reactive ketones (excluding diaryl/α,β-unsaturated/α-hetero) is 1. The van der Waals surface area contributed by atoms with Crippen molar-refractivity contribution in [1.29, 1.82) is 0 Å². The van der Waals surface area contributed by atoms with Crippen molar-refractivity contribution in [2.75, 3.05) is 0 Å². The van der Waals surface area contributed by atoms with Gasteiger partial charge in [0.05, 0.1) is 0 Å². The third kappa shape index (κ3) is 3.38. The van der Waals surface area contributed by atoms with Crippen molar-refractivity contribution >= 4 is 11.7 Å². The molecule has 1 N–H and O–H groups in total. The number of carbonyl (C=O) groups excluding carboxylic acids is 2. The largest absolute Gasteiger partial charge is 0.349 e. The fraction of sp³-hybridized carbons (Fsp3) is 0.481. The van der Waals surface area contributed by atoms with Crippen LogP contribution in [0.25, 0.3) is 0 Å². The Balaban J connectivity index is 1.26. The van der Waals surface area contributed by atoms with Gasteiger partial charge in [-0.05, 0) is 73.6 Å². The lowest BCUT2D eigenvalue weighted by Crippen LogP contribution is -2.38. The van der Waals surface area contributed by atoms with Crippen LogP contribution < -0.4 is 5.32 Å². The summed E-state index contributed by atoms with van der Waals surface area (Å²) in [4.78, 5) is 26.0. The van der Waals surface area contributed by atoms with E-state index in [4.69, 9.17) is 0 Å². The Morgan fingerprint density at radius 1 is 0.800 bits per heavy atom. The normalized spacial score (nSPS) is 26.2. The zero-order chi connectivity index (χ0) is 20.7. The van der Waals surface area contributed by atoms with E-state index in [2.05, 4.69) is 36.5 Å². The van der Waals surface area contributed by atoms with Crippen molar-refractivity contribution < 1.29 is 9.59 Å². The van der Waals surface area contributed by atoms with Crippen LogP contribution in [0.2, 0.25) is 0 Å². The van der Waals surface area contributed by atoms with E-state index < -0.39 is 0 Å². The van der Waals surface area contributed by atoms with Gasteiger partial charge in [-0.15, -0.1) is 0 Å². The summed E-state index contributed by atoms with van der Waals surface area (Å²) in [6.07, 6.45) is 8.50. The second-order valence-corrected chi connectivity index (χ2v) is 9.55. The van der Waals surface area contributed by atoms with Gasteiger partial charge >= 0.3 is 0 Å². The van der Waals surface area contributed by atoms with Gasteiger partial charge in [0.1, 0.15) is 0 Å². The van der Waals surface area contributed by atoms with Crippen molar-refractivity contribution in [3.05, 3.63) is 70.8 Å². The lowest BCUT2D eigenvalue weighted by molar-refractivity contribution is 0.0901. The number of rotatable bonds is 5. The highest BCUT2D eigenvalue weighted by Crippen LogP contribution is 2.57. The van der Waals surface area contributed by atoms with Crippen LogP contribution in [0.4, 0.5) is 0 Å². The molecule has 5 rings (SSSR count). The van der Waals surface area contributed by atoms with Gasteiger partial charge in [0.2, 0.25) is 0 Å². The highest BCUT2D eigenvalue weighted by atomic mass is 16.1. The summed E-state index contributed by atoms with van der Waals surface area (Å²) in [5.74, 6) is 1.58. The first-order valence-corrected chi connectivity index (χ1v) is 11.7. The molecule has 2 aromatic rings. The molecular weight excluding hydrogens is 370 g/mol. The summed E-state index contributed by atoms with van der Waals surface area (Å²) in [6.45, 7) is 2.12. The molecule has 3 heteroatoms. The molecule has 2 aromatic carbocycles. The Bertz CT molecular complexity index is 911. The molecule has 2 fully saturated rings. The number of amides is 1. The average molecular weight is 402 g/mol. The van der Waals surface area contributed by atoms with E-state index >= 15 is 0 Å². The van der Waals surface area contributed by atoms with Crippen LogP contribution in [0.5, 0.6) is 0 Å². The Kier molecular flexibility index (Phi) is 5.22. The molecule has 156 valence electrons. The molecule has 0 radical (unpaired) electrons. The minimum Gasteiger partial charge on any atom is -0.349 e. The second kappa shape index (κ2) is 8.02. The van der Waals surface area contributed by atoms with Crippen LogP contribution in [0.1, 0.15) is 95.5 Å². The highest BCUT2D eigenvalue weighted by molar-refractivity contribution is 6.01. The summed E-state index contributed by atoms with van der Waals surface area (Å²) in [5.41, 5.74) is 4.13. The van der Waals surface area contributed by atoms with Gasteiger partial charge in [0.25, 0.3) is 5.91 Å². The number of carbonyl (C=O) groups is 2. The predicted octanol–water partition coefficient (Wildman–Crippen LogP) is 5.86. The van der Waals surface area contributed by atoms with E-state index in [1.807, 2.05) is 24.3 Å². The van der Waals surface area contributed by atoms with Crippen LogP contribution in [-0.4, -0.2) is 17.7 Å². The lowest BCUT2D eigenvalue weighted by atomic mass is 9.84. The molecule has 3 aliphatic rings. The van der Waals surface area contributed by atoms with Crippen LogP contribution in [0.15, 0.2) is 48.5 Å². The van der Waals surface area contributed by atoms with E-state index in [0.29, 0.717) is 23.3 Å². The van der Waals surface area contributed by atoms with Gasteiger partial charge in [-0.1, -0.05) is 55.7 Å². The van der Waals surface area contributed by atoms with Gasteiger partial charge < -0.3 is 5.32 Å². The van der Waals surface area contributed by atoms with Crippen molar-refractivity contribution in [3.63, 3.8) is 0 Å². The van der Waals surface area contributed by atoms with Gasteiger partial charge in [0.15, 0.2) is 5.78 Å². The third-order valence-electron chi connectivity index (χ3n) is 7.90. The third-order valence-corrected chi connectivity index (χ3v) is 7.90. The number of benzene rings is 2. The number of fused-ring (bicyclic) bond motifs is 5. The molecule has 1 amide bonds. The van der Waals surface area contributed by atoms with Crippen LogP contribution in [-0.2, 0) is 0 Å². The van der Waals surface area contributed by atoms with Gasteiger partial charge in [-0.25, -0.2) is 0 Å². The van der Waals surface area contributed by atoms with E-state index in [0.717, 1.165) is 18.4 Å². The molecule has 3 nitrogen and oxygen atoms in total. The maximum absolute atomic E-state index is 13.3. The number of ketones is 1. The van der Waals surface area contributed by atoms with E-state index in [9.17, 15) is 9.59 Å². The summed E-state index contributed by atoms with van der Waals surface area (Å²) in [6, 6.07) is 16.1. The number of hydrogen-bond donors (Lipinski definition) is 1. The fourth-order valence-corrected chi connectivity index (χ4v) is 6.27. The summed E-state index contributed by atoms with van der Waals surface area (Å²) in [7, 11) is 0. The molecule has 3 atom stereocenters.